The van der Waals surface area contributed by atoms with Crippen LogP contribution in [0.5, 0.6) is 0 Å². The number of rotatable bonds is 6. The number of aryl methyl sites for hydroxylation is 1. The van der Waals surface area contributed by atoms with Gasteiger partial charge in [0.05, 0.1) is 32.0 Å². The van der Waals surface area contributed by atoms with Crippen LogP contribution in [0.4, 0.5) is 0 Å². The number of methoxy groups -OCH3 is 2. The number of ether oxygens (including phenoxy) is 4. The van der Waals surface area contributed by atoms with Crippen molar-refractivity contribution in [2.75, 3.05) is 20.8 Å². The van der Waals surface area contributed by atoms with E-state index in [9.17, 15) is 14.4 Å². The van der Waals surface area contributed by atoms with Crippen LogP contribution in [-0.4, -0.2) is 44.3 Å². The lowest BCUT2D eigenvalue weighted by Gasteiger charge is -2.39. The summed E-state index contributed by atoms with van der Waals surface area (Å²) in [5, 5.41) is 0. The molecule has 0 saturated carbocycles. The van der Waals surface area contributed by atoms with Gasteiger partial charge in [0.2, 0.25) is 0 Å². The smallest absolute Gasteiger partial charge is 0.343 e. The van der Waals surface area contributed by atoms with Gasteiger partial charge in [-0.1, -0.05) is 30.3 Å². The van der Waals surface area contributed by atoms with Gasteiger partial charge in [0.1, 0.15) is 5.60 Å². The highest BCUT2D eigenvalue weighted by atomic mass is 16.6. The first-order valence-corrected chi connectivity index (χ1v) is 9.94. The molecule has 1 aliphatic carbocycles. The monoisotopic (exact) mass is 412 g/mol. The Morgan fingerprint density at radius 2 is 1.87 bits per heavy atom. The van der Waals surface area contributed by atoms with Gasteiger partial charge in [-0.25, -0.2) is 14.4 Å². The fourth-order valence-corrected chi connectivity index (χ4v) is 5.13. The van der Waals surface area contributed by atoms with Gasteiger partial charge in [0.15, 0.2) is 5.60 Å². The van der Waals surface area contributed by atoms with E-state index in [4.69, 9.17) is 18.9 Å². The number of esters is 3. The fourth-order valence-electron chi connectivity index (χ4n) is 5.13. The molecule has 3 aliphatic rings. The van der Waals surface area contributed by atoms with Crippen LogP contribution >= 0.6 is 0 Å². The largest absolute Gasteiger partial charge is 0.466 e. The summed E-state index contributed by atoms with van der Waals surface area (Å²) in [6.07, 6.45) is 3.81. The van der Waals surface area contributed by atoms with Gasteiger partial charge in [0, 0.05) is 5.92 Å². The molecule has 4 rings (SSSR count). The lowest BCUT2D eigenvalue weighted by Crippen LogP contribution is -2.45. The Bertz CT molecular complexity index is 962. The molecule has 1 aromatic carbocycles. The Kier molecular flexibility index (Phi) is 5.02. The third-order valence-electron chi connectivity index (χ3n) is 6.31. The summed E-state index contributed by atoms with van der Waals surface area (Å²) >= 11 is 0. The highest BCUT2D eigenvalue weighted by Crippen LogP contribution is 2.65. The molecule has 0 amide bonds. The first kappa shape index (κ1) is 20.3. The van der Waals surface area contributed by atoms with E-state index >= 15 is 0 Å². The summed E-state index contributed by atoms with van der Waals surface area (Å²) in [6, 6.07) is 7.62. The molecule has 2 bridgehead atoms. The van der Waals surface area contributed by atoms with Crippen molar-refractivity contribution in [2.24, 2.45) is 5.92 Å². The maximum atomic E-state index is 13.3. The van der Waals surface area contributed by atoms with Gasteiger partial charge in [-0.05, 0) is 36.8 Å². The van der Waals surface area contributed by atoms with Crippen LogP contribution in [0.1, 0.15) is 30.4 Å². The number of hydrogen-bond acceptors (Lipinski definition) is 7. The molecule has 1 spiro atoms. The minimum absolute atomic E-state index is 0.0425. The van der Waals surface area contributed by atoms with Crippen molar-refractivity contribution in [3.63, 3.8) is 0 Å². The third-order valence-corrected chi connectivity index (χ3v) is 6.31. The molecule has 1 saturated heterocycles. The number of carbonyl (C=O) groups excluding carboxylic acids is 3. The van der Waals surface area contributed by atoms with Crippen molar-refractivity contribution < 1.29 is 33.3 Å². The van der Waals surface area contributed by atoms with Crippen LogP contribution < -0.4 is 0 Å². The van der Waals surface area contributed by atoms with E-state index in [-0.39, 0.29) is 30.1 Å². The molecule has 0 aromatic heterocycles. The zero-order chi connectivity index (χ0) is 21.5. The van der Waals surface area contributed by atoms with Crippen molar-refractivity contribution in [3.8, 4) is 0 Å². The van der Waals surface area contributed by atoms with Crippen molar-refractivity contribution >= 4 is 17.9 Å². The summed E-state index contributed by atoms with van der Waals surface area (Å²) in [4.78, 5) is 39.1. The van der Waals surface area contributed by atoms with E-state index in [1.807, 2.05) is 24.3 Å². The highest BCUT2D eigenvalue weighted by molar-refractivity contribution is 6.10. The van der Waals surface area contributed by atoms with E-state index in [2.05, 4.69) is 6.58 Å². The Balaban J connectivity index is 1.95. The summed E-state index contributed by atoms with van der Waals surface area (Å²) in [5.41, 5.74) is -1.24. The number of fused-ring (bicyclic) bond motifs is 2. The summed E-state index contributed by atoms with van der Waals surface area (Å²) in [6.45, 7) is 3.72. The molecule has 158 valence electrons. The number of hydrogen-bond donors (Lipinski definition) is 0. The molecular formula is C23H24O7. The van der Waals surface area contributed by atoms with E-state index < -0.39 is 29.1 Å². The molecule has 30 heavy (non-hydrogen) atoms. The standard InChI is InChI=1S/C23H24O7/c1-4-5-12-29-21(26)22-13-15-11-10-14-8-6-7-9-16(14)23(15,30-22)18(20(25)28-3)17(22)19(24)27-2/h4,6-9,15H,1,5,10-13H2,2-3H3/t15?,22-,23-/m0/s1. The van der Waals surface area contributed by atoms with E-state index in [1.54, 1.807) is 6.08 Å². The Hall–Kier alpha value is -2.93. The van der Waals surface area contributed by atoms with Crippen LogP contribution in [0, 0.1) is 5.92 Å². The fraction of sp³-hybridized carbons (Fsp3) is 0.435. The second-order valence-corrected chi connectivity index (χ2v) is 7.71. The second-order valence-electron chi connectivity index (χ2n) is 7.71. The number of benzene rings is 1. The van der Waals surface area contributed by atoms with Gasteiger partial charge in [-0.2, -0.15) is 0 Å². The van der Waals surface area contributed by atoms with E-state index in [0.717, 1.165) is 17.5 Å². The molecular weight excluding hydrogens is 388 g/mol. The average molecular weight is 412 g/mol. The Morgan fingerprint density at radius 3 is 2.57 bits per heavy atom. The van der Waals surface area contributed by atoms with E-state index in [0.29, 0.717) is 12.8 Å². The molecule has 0 N–H and O–H groups in total. The lowest BCUT2D eigenvalue weighted by atomic mass is 9.62. The lowest BCUT2D eigenvalue weighted by molar-refractivity contribution is -0.171. The molecule has 2 heterocycles. The van der Waals surface area contributed by atoms with Crippen LogP contribution in [0.15, 0.2) is 48.1 Å². The Labute approximate surface area is 174 Å². The summed E-state index contributed by atoms with van der Waals surface area (Å²) in [5.74, 6) is -2.39. The molecule has 2 aliphatic heterocycles. The molecule has 7 heteroatoms. The van der Waals surface area contributed by atoms with Gasteiger partial charge in [-0.15, -0.1) is 6.58 Å². The topological polar surface area (TPSA) is 88.1 Å². The quantitative estimate of drug-likeness (QED) is 0.307. The second kappa shape index (κ2) is 7.40. The van der Waals surface area contributed by atoms with Gasteiger partial charge >= 0.3 is 17.9 Å². The highest BCUT2D eigenvalue weighted by Gasteiger charge is 2.74. The molecule has 3 atom stereocenters. The van der Waals surface area contributed by atoms with Gasteiger partial charge in [-0.3, -0.25) is 0 Å². The van der Waals surface area contributed by atoms with E-state index in [1.165, 1.54) is 14.2 Å². The predicted octanol–water partition coefficient (Wildman–Crippen LogP) is 2.38. The van der Waals surface area contributed by atoms with Crippen LogP contribution in [0.3, 0.4) is 0 Å². The SMILES string of the molecule is C=CCCOC(=O)[C@@]12CC3CCc4ccccc4[C@]3(O1)C(C(=O)OC)=C2C(=O)OC. The zero-order valence-corrected chi connectivity index (χ0v) is 17.1. The first-order chi connectivity index (χ1) is 14.5. The molecule has 1 fully saturated rings. The first-order valence-electron chi connectivity index (χ1n) is 9.94. The number of carbonyl (C=O) groups is 3. The predicted molar refractivity (Wildman–Crippen MR) is 105 cm³/mol. The molecule has 1 aromatic rings. The minimum atomic E-state index is -1.71. The van der Waals surface area contributed by atoms with Crippen LogP contribution in [-0.2, 0) is 45.4 Å². The maximum absolute atomic E-state index is 13.3. The van der Waals surface area contributed by atoms with Gasteiger partial charge in [0.25, 0.3) is 0 Å². The van der Waals surface area contributed by atoms with Crippen LogP contribution in [0.25, 0.3) is 0 Å². The maximum Gasteiger partial charge on any atom is 0.343 e. The average Bonchev–Trinajstić information content (AvgIpc) is 3.28. The van der Waals surface area contributed by atoms with Crippen molar-refractivity contribution in [3.05, 3.63) is 59.2 Å². The minimum Gasteiger partial charge on any atom is -0.466 e. The molecule has 1 unspecified atom stereocenters. The van der Waals surface area contributed by atoms with Gasteiger partial charge < -0.3 is 18.9 Å². The normalized spacial score (nSPS) is 28.4. The molecule has 0 radical (unpaired) electrons. The van der Waals surface area contributed by atoms with Crippen molar-refractivity contribution in [1.29, 1.82) is 0 Å². The zero-order valence-electron chi connectivity index (χ0n) is 17.1. The Morgan fingerprint density at radius 1 is 1.17 bits per heavy atom. The third kappa shape index (κ3) is 2.58. The molecule has 7 nitrogen and oxygen atoms in total. The van der Waals surface area contributed by atoms with Crippen molar-refractivity contribution in [1.82, 2.24) is 0 Å². The van der Waals surface area contributed by atoms with Crippen molar-refractivity contribution in [2.45, 2.75) is 36.9 Å². The summed E-state index contributed by atoms with van der Waals surface area (Å²) < 4.78 is 21.9. The summed E-state index contributed by atoms with van der Waals surface area (Å²) in [7, 11) is 2.45. The van der Waals surface area contributed by atoms with Crippen LogP contribution in [0.2, 0.25) is 0 Å².